The van der Waals surface area contributed by atoms with Crippen LogP contribution in [0.4, 0.5) is 15.8 Å². The molecule has 0 atom stereocenters. The molecule has 3 nitrogen and oxygen atoms in total. The molecule has 0 aliphatic heterocycles. The van der Waals surface area contributed by atoms with E-state index in [0.717, 1.165) is 5.56 Å². The van der Waals surface area contributed by atoms with Gasteiger partial charge in [0.1, 0.15) is 5.82 Å². The first-order valence-electron chi connectivity index (χ1n) is 5.89. The number of nitrogens with zero attached hydrogens (tertiary/aromatic N) is 1. The van der Waals surface area contributed by atoms with Crippen LogP contribution in [0, 0.1) is 12.7 Å². The van der Waals surface area contributed by atoms with Crippen molar-refractivity contribution < 1.29 is 9.18 Å². The average molecular weight is 258 g/mol. The molecule has 19 heavy (non-hydrogen) atoms. The molecule has 2 aromatic carbocycles. The molecule has 1 amide bonds. The molecule has 0 saturated carbocycles. The fourth-order valence-corrected chi connectivity index (χ4v) is 1.89. The van der Waals surface area contributed by atoms with Crippen molar-refractivity contribution in [2.45, 2.75) is 6.92 Å². The Morgan fingerprint density at radius 1 is 1.21 bits per heavy atom. The molecular formula is C15H15FN2O. The number of aryl methyl sites for hydroxylation is 1. The van der Waals surface area contributed by atoms with Gasteiger partial charge in [0.05, 0.1) is 11.3 Å². The third-order valence-electron chi connectivity index (χ3n) is 2.96. The van der Waals surface area contributed by atoms with E-state index in [9.17, 15) is 9.18 Å². The van der Waals surface area contributed by atoms with Gasteiger partial charge in [-0.15, -0.1) is 0 Å². The Bertz CT molecular complexity index is 625. The number of amides is 1. The summed E-state index contributed by atoms with van der Waals surface area (Å²) in [6.07, 6.45) is 0. The molecule has 0 radical (unpaired) electrons. The second-order valence-corrected chi connectivity index (χ2v) is 4.41. The summed E-state index contributed by atoms with van der Waals surface area (Å²) < 4.78 is 13.7. The number of rotatable bonds is 2. The van der Waals surface area contributed by atoms with Crippen molar-refractivity contribution in [1.82, 2.24) is 0 Å². The highest BCUT2D eigenvalue weighted by Crippen LogP contribution is 2.22. The van der Waals surface area contributed by atoms with E-state index in [1.165, 1.54) is 18.0 Å². The van der Waals surface area contributed by atoms with E-state index < -0.39 is 5.82 Å². The van der Waals surface area contributed by atoms with Gasteiger partial charge >= 0.3 is 0 Å². The summed E-state index contributed by atoms with van der Waals surface area (Å²) in [4.78, 5) is 13.6. The molecule has 0 aromatic heterocycles. The summed E-state index contributed by atoms with van der Waals surface area (Å²) in [7, 11) is 1.53. The normalized spacial score (nSPS) is 10.3. The zero-order valence-electron chi connectivity index (χ0n) is 10.9. The Morgan fingerprint density at radius 3 is 2.53 bits per heavy atom. The minimum atomic E-state index is -0.441. The van der Waals surface area contributed by atoms with Crippen LogP contribution in [0.3, 0.4) is 0 Å². The highest BCUT2D eigenvalue weighted by molar-refractivity contribution is 6.09. The predicted molar refractivity (Wildman–Crippen MR) is 74.7 cm³/mol. The first kappa shape index (κ1) is 13.1. The van der Waals surface area contributed by atoms with E-state index in [0.29, 0.717) is 11.3 Å². The summed E-state index contributed by atoms with van der Waals surface area (Å²) in [5.74, 6) is -0.772. The number of halogens is 1. The topological polar surface area (TPSA) is 46.3 Å². The smallest absolute Gasteiger partial charge is 0.260 e. The van der Waals surface area contributed by atoms with Crippen LogP contribution in [0.5, 0.6) is 0 Å². The van der Waals surface area contributed by atoms with Gasteiger partial charge in [0.25, 0.3) is 5.91 Å². The van der Waals surface area contributed by atoms with E-state index in [2.05, 4.69) is 0 Å². The maximum Gasteiger partial charge on any atom is 0.260 e. The number of carbonyl (C=O) groups is 1. The van der Waals surface area contributed by atoms with E-state index in [4.69, 9.17) is 5.73 Å². The average Bonchev–Trinajstić information content (AvgIpc) is 2.38. The Kier molecular flexibility index (Phi) is 3.51. The van der Waals surface area contributed by atoms with Crippen molar-refractivity contribution in [3.63, 3.8) is 0 Å². The lowest BCUT2D eigenvalue weighted by molar-refractivity contribution is 0.0993. The van der Waals surface area contributed by atoms with Crippen molar-refractivity contribution >= 4 is 17.3 Å². The van der Waals surface area contributed by atoms with Crippen molar-refractivity contribution in [3.05, 3.63) is 59.4 Å². The largest absolute Gasteiger partial charge is 0.398 e. The van der Waals surface area contributed by atoms with Crippen LogP contribution in [0.2, 0.25) is 0 Å². The van der Waals surface area contributed by atoms with E-state index in [1.807, 2.05) is 6.92 Å². The Morgan fingerprint density at radius 2 is 1.89 bits per heavy atom. The van der Waals surface area contributed by atoms with Crippen LogP contribution in [0.25, 0.3) is 0 Å². The summed E-state index contributed by atoms with van der Waals surface area (Å²) in [6, 6.07) is 11.3. The molecule has 2 aromatic rings. The number of hydrogen-bond donors (Lipinski definition) is 1. The number of nitrogen functional groups attached to an aromatic ring is 1. The molecular weight excluding hydrogens is 243 g/mol. The standard InChI is InChI=1S/C15H15FN2O/c1-10-7-8-11(13(17)9-10)15(19)18(2)14-6-4-3-5-12(14)16/h3-9H,17H2,1-2H3. The fourth-order valence-electron chi connectivity index (χ4n) is 1.89. The molecule has 0 bridgehead atoms. The number of anilines is 2. The molecule has 2 rings (SSSR count). The lowest BCUT2D eigenvalue weighted by atomic mass is 10.1. The lowest BCUT2D eigenvalue weighted by Gasteiger charge is -2.19. The summed E-state index contributed by atoms with van der Waals surface area (Å²) >= 11 is 0. The van der Waals surface area contributed by atoms with Gasteiger partial charge in [-0.25, -0.2) is 4.39 Å². The molecule has 0 spiro atoms. The number of hydrogen-bond acceptors (Lipinski definition) is 2. The Hall–Kier alpha value is -2.36. The molecule has 0 aliphatic rings. The van der Waals surface area contributed by atoms with Crippen molar-refractivity contribution in [1.29, 1.82) is 0 Å². The number of benzene rings is 2. The van der Waals surface area contributed by atoms with E-state index >= 15 is 0 Å². The molecule has 98 valence electrons. The number of nitrogens with two attached hydrogens (primary N) is 1. The quantitative estimate of drug-likeness (QED) is 0.842. The monoisotopic (exact) mass is 258 g/mol. The molecule has 4 heteroatoms. The molecule has 0 aliphatic carbocycles. The summed E-state index contributed by atoms with van der Waals surface area (Å²) in [6.45, 7) is 1.89. The molecule has 2 N–H and O–H groups in total. The first-order valence-corrected chi connectivity index (χ1v) is 5.89. The van der Waals surface area contributed by atoms with Crippen LogP contribution in [-0.4, -0.2) is 13.0 Å². The van der Waals surface area contributed by atoms with E-state index in [-0.39, 0.29) is 11.6 Å². The van der Waals surface area contributed by atoms with E-state index in [1.54, 1.807) is 36.4 Å². The number of carbonyl (C=O) groups excluding carboxylic acids is 1. The minimum absolute atomic E-state index is 0.229. The maximum absolute atomic E-state index is 13.7. The minimum Gasteiger partial charge on any atom is -0.398 e. The van der Waals surface area contributed by atoms with Gasteiger partial charge in [0.15, 0.2) is 0 Å². The van der Waals surface area contributed by atoms with Crippen LogP contribution < -0.4 is 10.6 Å². The Balaban J connectivity index is 2.37. The zero-order chi connectivity index (χ0) is 14.0. The predicted octanol–water partition coefficient (Wildman–Crippen LogP) is 2.99. The van der Waals surface area contributed by atoms with Crippen LogP contribution in [0.15, 0.2) is 42.5 Å². The van der Waals surface area contributed by atoms with Crippen LogP contribution in [0.1, 0.15) is 15.9 Å². The summed E-state index contributed by atoms with van der Waals surface area (Å²) in [5.41, 5.74) is 7.81. The highest BCUT2D eigenvalue weighted by atomic mass is 19.1. The highest BCUT2D eigenvalue weighted by Gasteiger charge is 2.18. The molecule has 0 fully saturated rings. The third-order valence-corrected chi connectivity index (χ3v) is 2.96. The lowest BCUT2D eigenvalue weighted by Crippen LogP contribution is -2.27. The van der Waals surface area contributed by atoms with Crippen molar-refractivity contribution in [3.8, 4) is 0 Å². The SMILES string of the molecule is Cc1ccc(C(=O)N(C)c2ccccc2F)c(N)c1. The number of para-hydroxylation sites is 1. The zero-order valence-corrected chi connectivity index (χ0v) is 10.9. The Labute approximate surface area is 111 Å². The van der Waals surface area contributed by atoms with Gasteiger partial charge in [0, 0.05) is 12.7 Å². The van der Waals surface area contributed by atoms with Gasteiger partial charge in [-0.3, -0.25) is 4.79 Å². The van der Waals surface area contributed by atoms with Crippen LogP contribution >= 0.6 is 0 Å². The second-order valence-electron chi connectivity index (χ2n) is 4.41. The summed E-state index contributed by atoms with van der Waals surface area (Å²) in [5, 5.41) is 0. The molecule has 0 heterocycles. The first-order chi connectivity index (χ1) is 9.00. The van der Waals surface area contributed by atoms with Gasteiger partial charge in [-0.05, 0) is 36.8 Å². The second kappa shape index (κ2) is 5.10. The van der Waals surface area contributed by atoms with Gasteiger partial charge in [-0.1, -0.05) is 18.2 Å². The molecule has 0 unspecified atom stereocenters. The van der Waals surface area contributed by atoms with Gasteiger partial charge in [0.2, 0.25) is 0 Å². The van der Waals surface area contributed by atoms with Crippen molar-refractivity contribution in [2.75, 3.05) is 17.7 Å². The fraction of sp³-hybridized carbons (Fsp3) is 0.133. The van der Waals surface area contributed by atoms with Crippen LogP contribution in [-0.2, 0) is 0 Å². The van der Waals surface area contributed by atoms with Gasteiger partial charge < -0.3 is 10.6 Å². The van der Waals surface area contributed by atoms with Crippen molar-refractivity contribution in [2.24, 2.45) is 0 Å². The maximum atomic E-state index is 13.7. The van der Waals surface area contributed by atoms with Gasteiger partial charge in [-0.2, -0.15) is 0 Å². The molecule has 0 saturated heterocycles. The third kappa shape index (κ3) is 2.57.